The van der Waals surface area contributed by atoms with Gasteiger partial charge >= 0.3 is 12.2 Å². The van der Waals surface area contributed by atoms with Crippen LogP contribution in [0.25, 0.3) is 0 Å². The summed E-state index contributed by atoms with van der Waals surface area (Å²) in [5, 5.41) is 28.5. The standard InChI is InChI=1S/C16H27N3O4/c1-15(2,3)11-9-18(13(20)21)10(7-8-17)12(16(4,5)6)19(11)14(22)23/h10-12H,7,9H2,1-6H3,(H,20,21)(H,22,23). The molecule has 1 saturated heterocycles. The smallest absolute Gasteiger partial charge is 0.407 e. The number of hydrogen-bond donors (Lipinski definition) is 2. The first kappa shape index (κ1) is 19.1. The van der Waals surface area contributed by atoms with E-state index < -0.39 is 41.1 Å². The summed E-state index contributed by atoms with van der Waals surface area (Å²) in [5.41, 5.74) is -0.926. The molecular formula is C16H27N3O4. The number of nitrogens with zero attached hydrogens (tertiary/aromatic N) is 3. The predicted octanol–water partition coefficient (Wildman–Crippen LogP) is 3.07. The topological polar surface area (TPSA) is 105 Å². The highest BCUT2D eigenvalue weighted by Gasteiger charge is 2.53. The third-order valence-corrected chi connectivity index (χ3v) is 4.42. The quantitative estimate of drug-likeness (QED) is 0.771. The minimum absolute atomic E-state index is 0.0329. The largest absolute Gasteiger partial charge is 0.465 e. The molecule has 1 aliphatic rings. The summed E-state index contributed by atoms with van der Waals surface area (Å²) in [6.45, 7) is 11.4. The van der Waals surface area contributed by atoms with E-state index >= 15 is 0 Å². The van der Waals surface area contributed by atoms with E-state index in [1.807, 2.05) is 47.6 Å². The summed E-state index contributed by atoms with van der Waals surface area (Å²) in [6, 6.07) is 0.273. The molecule has 0 aromatic heterocycles. The lowest BCUT2D eigenvalue weighted by Gasteiger charge is -2.56. The van der Waals surface area contributed by atoms with Crippen LogP contribution in [0.4, 0.5) is 9.59 Å². The van der Waals surface area contributed by atoms with Gasteiger partial charge < -0.3 is 15.1 Å². The lowest BCUT2D eigenvalue weighted by Crippen LogP contribution is -2.71. The Balaban J connectivity index is 3.51. The second kappa shape index (κ2) is 6.26. The van der Waals surface area contributed by atoms with Crippen molar-refractivity contribution in [2.24, 2.45) is 10.8 Å². The van der Waals surface area contributed by atoms with Crippen LogP contribution in [-0.4, -0.2) is 56.9 Å². The first-order chi connectivity index (χ1) is 10.3. The average molecular weight is 325 g/mol. The Labute approximate surface area is 137 Å². The van der Waals surface area contributed by atoms with E-state index in [1.165, 1.54) is 9.80 Å². The van der Waals surface area contributed by atoms with Gasteiger partial charge in [0.05, 0.1) is 30.6 Å². The van der Waals surface area contributed by atoms with Crippen molar-refractivity contribution in [1.82, 2.24) is 9.80 Å². The van der Waals surface area contributed by atoms with E-state index in [1.54, 1.807) is 0 Å². The number of hydrogen-bond acceptors (Lipinski definition) is 3. The Morgan fingerprint density at radius 1 is 1.09 bits per heavy atom. The molecule has 0 spiro atoms. The maximum Gasteiger partial charge on any atom is 0.407 e. The van der Waals surface area contributed by atoms with Gasteiger partial charge in [-0.15, -0.1) is 0 Å². The number of amides is 2. The third-order valence-electron chi connectivity index (χ3n) is 4.42. The summed E-state index contributed by atoms with van der Waals surface area (Å²) >= 11 is 0. The van der Waals surface area contributed by atoms with Gasteiger partial charge in [0.2, 0.25) is 0 Å². The first-order valence-electron chi connectivity index (χ1n) is 7.70. The molecule has 3 atom stereocenters. The normalized spacial score (nSPS) is 25.9. The minimum Gasteiger partial charge on any atom is -0.465 e. The molecule has 7 heteroatoms. The summed E-state index contributed by atoms with van der Waals surface area (Å²) in [5.74, 6) is 0. The first-order valence-corrected chi connectivity index (χ1v) is 7.70. The summed E-state index contributed by atoms with van der Waals surface area (Å²) in [4.78, 5) is 26.3. The van der Waals surface area contributed by atoms with Crippen molar-refractivity contribution in [2.45, 2.75) is 66.1 Å². The van der Waals surface area contributed by atoms with Gasteiger partial charge in [0.25, 0.3) is 0 Å². The molecule has 0 aromatic rings. The van der Waals surface area contributed by atoms with Gasteiger partial charge in [-0.2, -0.15) is 5.26 Å². The maximum absolute atomic E-state index is 12.0. The Kier molecular flexibility index (Phi) is 5.20. The number of carbonyl (C=O) groups is 2. The fourth-order valence-electron chi connectivity index (χ4n) is 3.43. The predicted molar refractivity (Wildman–Crippen MR) is 85.1 cm³/mol. The van der Waals surface area contributed by atoms with E-state index in [0.717, 1.165) is 0 Å². The van der Waals surface area contributed by atoms with Gasteiger partial charge in [-0.1, -0.05) is 41.5 Å². The number of rotatable bonds is 1. The molecule has 2 N–H and O–H groups in total. The zero-order valence-corrected chi connectivity index (χ0v) is 14.7. The number of nitriles is 1. The van der Waals surface area contributed by atoms with Gasteiger partial charge in [-0.05, 0) is 10.8 Å². The molecule has 2 amide bonds. The van der Waals surface area contributed by atoms with Gasteiger partial charge in [0.15, 0.2) is 0 Å². The third kappa shape index (κ3) is 3.87. The summed E-state index contributed by atoms with van der Waals surface area (Å²) < 4.78 is 0. The molecule has 3 unspecified atom stereocenters. The molecule has 1 fully saturated rings. The number of piperazine rings is 1. The molecule has 0 aromatic carbocycles. The van der Waals surface area contributed by atoms with Gasteiger partial charge in [0, 0.05) is 6.54 Å². The molecule has 1 rings (SSSR count). The van der Waals surface area contributed by atoms with Crippen LogP contribution in [0, 0.1) is 22.2 Å². The fourth-order valence-corrected chi connectivity index (χ4v) is 3.43. The van der Waals surface area contributed by atoms with Gasteiger partial charge in [-0.3, -0.25) is 4.90 Å². The second-order valence-electron chi connectivity index (χ2n) is 8.25. The van der Waals surface area contributed by atoms with Gasteiger partial charge in [0.1, 0.15) is 0 Å². The Morgan fingerprint density at radius 3 is 1.91 bits per heavy atom. The molecular weight excluding hydrogens is 298 g/mol. The molecule has 0 radical (unpaired) electrons. The Morgan fingerprint density at radius 2 is 1.61 bits per heavy atom. The highest BCUT2D eigenvalue weighted by Crippen LogP contribution is 2.40. The number of carboxylic acid groups (broad SMARTS) is 2. The van der Waals surface area contributed by atoms with E-state index in [0.29, 0.717) is 0 Å². The average Bonchev–Trinajstić information content (AvgIpc) is 2.34. The highest BCUT2D eigenvalue weighted by atomic mass is 16.4. The zero-order chi connectivity index (χ0) is 18.2. The summed E-state index contributed by atoms with van der Waals surface area (Å²) in [6.07, 6.45) is -2.22. The van der Waals surface area contributed by atoms with Crippen molar-refractivity contribution in [2.75, 3.05) is 6.54 Å². The van der Waals surface area contributed by atoms with Crippen molar-refractivity contribution in [3.63, 3.8) is 0 Å². The van der Waals surface area contributed by atoms with Crippen LogP contribution in [0.5, 0.6) is 0 Å². The monoisotopic (exact) mass is 325 g/mol. The Hall–Kier alpha value is -1.97. The molecule has 130 valence electrons. The van der Waals surface area contributed by atoms with Crippen LogP contribution in [0.1, 0.15) is 48.0 Å². The van der Waals surface area contributed by atoms with Crippen molar-refractivity contribution in [3.05, 3.63) is 0 Å². The lowest BCUT2D eigenvalue weighted by molar-refractivity contribution is -0.0696. The summed E-state index contributed by atoms with van der Waals surface area (Å²) in [7, 11) is 0. The van der Waals surface area contributed by atoms with Crippen LogP contribution < -0.4 is 0 Å². The van der Waals surface area contributed by atoms with Crippen LogP contribution in [0.2, 0.25) is 0 Å². The van der Waals surface area contributed by atoms with E-state index in [9.17, 15) is 19.8 Å². The molecule has 7 nitrogen and oxygen atoms in total. The van der Waals surface area contributed by atoms with E-state index in [2.05, 4.69) is 0 Å². The maximum atomic E-state index is 12.0. The molecule has 1 aliphatic heterocycles. The lowest BCUT2D eigenvalue weighted by atomic mass is 9.73. The molecule has 0 saturated carbocycles. The zero-order valence-electron chi connectivity index (χ0n) is 14.7. The minimum atomic E-state index is -1.11. The van der Waals surface area contributed by atoms with Crippen LogP contribution in [-0.2, 0) is 0 Å². The highest BCUT2D eigenvalue weighted by molar-refractivity contribution is 5.70. The van der Waals surface area contributed by atoms with Crippen molar-refractivity contribution in [3.8, 4) is 6.07 Å². The van der Waals surface area contributed by atoms with Crippen molar-refractivity contribution in [1.29, 1.82) is 5.26 Å². The SMILES string of the molecule is CC(C)(C)C1CN(C(=O)O)C(CC#N)C(C(C)(C)C)N1C(=O)O. The van der Waals surface area contributed by atoms with Crippen molar-refractivity contribution < 1.29 is 19.8 Å². The Bertz CT molecular complexity index is 513. The van der Waals surface area contributed by atoms with E-state index in [-0.39, 0.29) is 13.0 Å². The van der Waals surface area contributed by atoms with Crippen LogP contribution in [0.3, 0.4) is 0 Å². The fraction of sp³-hybridized carbons (Fsp3) is 0.812. The molecule has 1 heterocycles. The molecule has 0 aliphatic carbocycles. The molecule has 0 bridgehead atoms. The second-order valence-corrected chi connectivity index (χ2v) is 8.25. The molecule has 23 heavy (non-hydrogen) atoms. The van der Waals surface area contributed by atoms with E-state index in [4.69, 9.17) is 5.26 Å². The van der Waals surface area contributed by atoms with Crippen LogP contribution >= 0.6 is 0 Å². The van der Waals surface area contributed by atoms with Crippen LogP contribution in [0.15, 0.2) is 0 Å². The van der Waals surface area contributed by atoms with Crippen molar-refractivity contribution >= 4 is 12.2 Å². The van der Waals surface area contributed by atoms with Gasteiger partial charge in [-0.25, -0.2) is 9.59 Å².